The van der Waals surface area contributed by atoms with Gasteiger partial charge in [-0.25, -0.2) is 0 Å². The van der Waals surface area contributed by atoms with E-state index in [9.17, 15) is 14.9 Å². The molecule has 0 radical (unpaired) electrons. The van der Waals surface area contributed by atoms with Crippen molar-refractivity contribution in [2.24, 2.45) is 0 Å². The van der Waals surface area contributed by atoms with Gasteiger partial charge in [0.15, 0.2) is 5.78 Å². The number of hydrogen-bond acceptors (Lipinski definition) is 4. The Morgan fingerprint density at radius 3 is 2.29 bits per heavy atom. The summed E-state index contributed by atoms with van der Waals surface area (Å²) in [5.74, 6) is 0.00459. The predicted molar refractivity (Wildman–Crippen MR) is 79.6 cm³/mol. The molecule has 0 saturated carbocycles. The Morgan fingerprint density at radius 1 is 1.14 bits per heavy atom. The number of hydrogen-bond donors (Lipinski definition) is 0. The molecule has 0 aliphatic rings. The zero-order valence-corrected chi connectivity index (χ0v) is 12.3. The van der Waals surface area contributed by atoms with Crippen LogP contribution in [0.2, 0.25) is 10.0 Å². The van der Waals surface area contributed by atoms with Crippen molar-refractivity contribution in [3.63, 3.8) is 0 Å². The lowest BCUT2D eigenvalue weighted by Crippen LogP contribution is -1.98. The first-order chi connectivity index (χ1) is 9.86. The highest BCUT2D eigenvalue weighted by Crippen LogP contribution is 2.34. The molecule has 0 atom stereocenters. The summed E-state index contributed by atoms with van der Waals surface area (Å²) < 4.78 is 5.45. The second-order valence-corrected chi connectivity index (χ2v) is 5.08. The Kier molecular flexibility index (Phi) is 4.45. The molecule has 2 aromatic carbocycles. The molecular formula is C14H9Cl2NO4. The van der Waals surface area contributed by atoms with Gasteiger partial charge in [0.1, 0.15) is 5.75 Å². The summed E-state index contributed by atoms with van der Waals surface area (Å²) in [5, 5.41) is 11.8. The average Bonchev–Trinajstić information content (AvgIpc) is 2.37. The first-order valence-corrected chi connectivity index (χ1v) is 6.56. The lowest BCUT2D eigenvalue weighted by atomic mass is 10.1. The second-order valence-electron chi connectivity index (χ2n) is 4.20. The standard InChI is InChI=1S/C14H9Cl2NO4/c1-8(18)9-2-3-14(13(4-9)17(19)20)21-12-6-10(15)5-11(16)7-12/h2-7H,1H3. The molecule has 21 heavy (non-hydrogen) atoms. The van der Waals surface area contributed by atoms with E-state index in [4.69, 9.17) is 27.9 Å². The molecule has 7 heteroatoms. The van der Waals surface area contributed by atoms with Crippen LogP contribution < -0.4 is 4.74 Å². The first-order valence-electron chi connectivity index (χ1n) is 5.80. The molecule has 0 fully saturated rings. The van der Waals surface area contributed by atoms with E-state index in [1.54, 1.807) is 0 Å². The van der Waals surface area contributed by atoms with Gasteiger partial charge in [-0.1, -0.05) is 23.2 Å². The van der Waals surface area contributed by atoms with Gasteiger partial charge in [-0.2, -0.15) is 0 Å². The molecule has 0 spiro atoms. The summed E-state index contributed by atoms with van der Waals surface area (Å²) >= 11 is 11.7. The third kappa shape index (κ3) is 3.71. The van der Waals surface area contributed by atoms with Crippen LogP contribution in [0.3, 0.4) is 0 Å². The third-order valence-electron chi connectivity index (χ3n) is 2.63. The van der Waals surface area contributed by atoms with Gasteiger partial charge >= 0.3 is 5.69 Å². The van der Waals surface area contributed by atoms with Crippen LogP contribution in [0.15, 0.2) is 36.4 Å². The molecule has 0 saturated heterocycles. The number of nitro benzene ring substituents is 1. The molecule has 2 aromatic rings. The Morgan fingerprint density at radius 2 is 1.76 bits per heavy atom. The van der Waals surface area contributed by atoms with Crippen LogP contribution in [0, 0.1) is 10.1 Å². The highest BCUT2D eigenvalue weighted by atomic mass is 35.5. The van der Waals surface area contributed by atoms with Crippen molar-refractivity contribution in [1.29, 1.82) is 0 Å². The fourth-order valence-corrected chi connectivity index (χ4v) is 2.19. The maximum atomic E-state index is 11.3. The Hall–Kier alpha value is -2.11. The van der Waals surface area contributed by atoms with Crippen LogP contribution >= 0.6 is 23.2 Å². The van der Waals surface area contributed by atoms with Gasteiger partial charge in [0.25, 0.3) is 0 Å². The van der Waals surface area contributed by atoms with E-state index in [2.05, 4.69) is 0 Å². The Bertz CT molecular complexity index is 711. The third-order valence-corrected chi connectivity index (χ3v) is 3.06. The molecule has 0 aliphatic heterocycles. The van der Waals surface area contributed by atoms with E-state index in [0.717, 1.165) is 0 Å². The van der Waals surface area contributed by atoms with Crippen LogP contribution in [-0.2, 0) is 0 Å². The number of halogens is 2. The van der Waals surface area contributed by atoms with Crippen molar-refractivity contribution < 1.29 is 14.5 Å². The SMILES string of the molecule is CC(=O)c1ccc(Oc2cc(Cl)cc(Cl)c2)c([N+](=O)[O-])c1. The largest absolute Gasteiger partial charge is 0.450 e. The van der Waals surface area contributed by atoms with Crippen LogP contribution in [0.25, 0.3) is 0 Å². The summed E-state index contributed by atoms with van der Waals surface area (Å²) in [6, 6.07) is 8.47. The van der Waals surface area contributed by atoms with E-state index >= 15 is 0 Å². The van der Waals surface area contributed by atoms with Gasteiger partial charge in [-0.05, 0) is 37.3 Å². The number of ether oxygens (including phenoxy) is 1. The molecule has 0 bridgehead atoms. The van der Waals surface area contributed by atoms with Gasteiger partial charge in [0.2, 0.25) is 5.75 Å². The minimum Gasteiger partial charge on any atom is -0.450 e. The topological polar surface area (TPSA) is 69.4 Å². The number of ketones is 1. The van der Waals surface area contributed by atoms with Crippen molar-refractivity contribution in [1.82, 2.24) is 0 Å². The number of carbonyl (C=O) groups is 1. The van der Waals surface area contributed by atoms with Gasteiger partial charge in [0, 0.05) is 21.7 Å². The number of Topliss-reactive ketones (excluding diaryl/α,β-unsaturated/α-hetero) is 1. The van der Waals surface area contributed by atoms with Gasteiger partial charge in [0.05, 0.1) is 4.92 Å². The van der Waals surface area contributed by atoms with Gasteiger partial charge in [-0.3, -0.25) is 14.9 Å². The van der Waals surface area contributed by atoms with Crippen molar-refractivity contribution in [2.45, 2.75) is 6.92 Å². The summed E-state index contributed by atoms with van der Waals surface area (Å²) in [7, 11) is 0. The highest BCUT2D eigenvalue weighted by molar-refractivity contribution is 6.34. The van der Waals surface area contributed by atoms with Gasteiger partial charge < -0.3 is 4.74 Å². The fourth-order valence-electron chi connectivity index (χ4n) is 1.68. The number of carbonyl (C=O) groups excluding carboxylic acids is 1. The molecule has 2 rings (SSSR count). The molecule has 0 aromatic heterocycles. The van der Waals surface area contributed by atoms with E-state index in [0.29, 0.717) is 10.0 Å². The molecule has 0 heterocycles. The zero-order valence-electron chi connectivity index (χ0n) is 10.8. The van der Waals surface area contributed by atoms with Crippen molar-refractivity contribution in [3.05, 3.63) is 62.1 Å². The first kappa shape index (κ1) is 15.3. The average molecular weight is 326 g/mol. The number of benzene rings is 2. The van der Waals surface area contributed by atoms with E-state index in [-0.39, 0.29) is 28.5 Å². The van der Waals surface area contributed by atoms with Crippen molar-refractivity contribution in [3.8, 4) is 11.5 Å². The van der Waals surface area contributed by atoms with E-state index in [1.165, 1.54) is 43.3 Å². The molecule has 0 N–H and O–H groups in total. The highest BCUT2D eigenvalue weighted by Gasteiger charge is 2.18. The minimum absolute atomic E-state index is 0.00309. The van der Waals surface area contributed by atoms with Crippen molar-refractivity contribution >= 4 is 34.7 Å². The molecule has 5 nitrogen and oxygen atoms in total. The van der Waals surface area contributed by atoms with Crippen LogP contribution in [-0.4, -0.2) is 10.7 Å². The number of rotatable bonds is 4. The molecule has 0 aliphatic carbocycles. The quantitative estimate of drug-likeness (QED) is 0.455. The summed E-state index contributed by atoms with van der Waals surface area (Å²) in [6.45, 7) is 1.33. The van der Waals surface area contributed by atoms with Crippen LogP contribution in [0.1, 0.15) is 17.3 Å². The smallest absolute Gasteiger partial charge is 0.312 e. The fraction of sp³-hybridized carbons (Fsp3) is 0.0714. The number of nitrogens with zero attached hydrogens (tertiary/aromatic N) is 1. The molecule has 0 amide bonds. The minimum atomic E-state index is -0.617. The molecule has 108 valence electrons. The Balaban J connectivity index is 2.43. The van der Waals surface area contributed by atoms with Crippen LogP contribution in [0.4, 0.5) is 5.69 Å². The predicted octanol–water partition coefficient (Wildman–Crippen LogP) is 4.90. The summed E-state index contributed by atoms with van der Waals surface area (Å²) in [6.07, 6.45) is 0. The Labute approximate surface area is 130 Å². The monoisotopic (exact) mass is 325 g/mol. The van der Waals surface area contributed by atoms with E-state index < -0.39 is 4.92 Å². The molecular weight excluding hydrogens is 317 g/mol. The molecule has 0 unspecified atom stereocenters. The van der Waals surface area contributed by atoms with Crippen molar-refractivity contribution in [2.75, 3.05) is 0 Å². The second kappa shape index (κ2) is 6.11. The van der Waals surface area contributed by atoms with Crippen LogP contribution in [0.5, 0.6) is 11.5 Å². The lowest BCUT2D eigenvalue weighted by molar-refractivity contribution is -0.385. The lowest BCUT2D eigenvalue weighted by Gasteiger charge is -2.08. The maximum absolute atomic E-state index is 11.3. The van der Waals surface area contributed by atoms with E-state index in [1.807, 2.05) is 0 Å². The summed E-state index contributed by atoms with van der Waals surface area (Å²) in [5.41, 5.74) is -0.0722. The zero-order chi connectivity index (χ0) is 15.6. The van der Waals surface area contributed by atoms with Gasteiger partial charge in [-0.15, -0.1) is 0 Å². The number of nitro groups is 1. The maximum Gasteiger partial charge on any atom is 0.312 e. The summed E-state index contributed by atoms with van der Waals surface area (Å²) in [4.78, 5) is 21.7. The normalized spacial score (nSPS) is 10.2.